The molecule has 142 valence electrons. The fraction of sp³-hybridized carbons (Fsp3) is 0.286. The van der Waals surface area contributed by atoms with Crippen molar-refractivity contribution in [3.8, 4) is 17.2 Å². The number of hydrogen-bond acceptors (Lipinski definition) is 5. The molecule has 1 aliphatic heterocycles. The minimum atomic E-state index is -0.0298. The van der Waals surface area contributed by atoms with E-state index in [1.807, 2.05) is 53.4 Å². The maximum atomic E-state index is 12.7. The van der Waals surface area contributed by atoms with Crippen LogP contribution in [0.1, 0.15) is 16.5 Å². The van der Waals surface area contributed by atoms with Gasteiger partial charge in [0.05, 0.1) is 21.3 Å². The standard InChI is InChI=1S/C21H23NO4S/c1-24-17-8-4-15(5-9-17)6-11-20(23)22-12-13-27-21(22)16-7-10-18(25-2)19(14-16)26-3/h4-11,14,21H,12-13H2,1-3H3/b11-6+. The molecule has 6 heteroatoms. The molecule has 1 aliphatic rings. The molecule has 0 aromatic heterocycles. The lowest BCUT2D eigenvalue weighted by atomic mass is 10.1. The molecule has 0 spiro atoms. The number of hydrogen-bond donors (Lipinski definition) is 0. The van der Waals surface area contributed by atoms with Crippen LogP contribution >= 0.6 is 11.8 Å². The molecular weight excluding hydrogens is 362 g/mol. The van der Waals surface area contributed by atoms with Gasteiger partial charge in [-0.05, 0) is 41.5 Å². The van der Waals surface area contributed by atoms with Gasteiger partial charge in [-0.25, -0.2) is 0 Å². The highest BCUT2D eigenvalue weighted by atomic mass is 32.2. The number of thioether (sulfide) groups is 1. The normalized spacial score (nSPS) is 16.6. The van der Waals surface area contributed by atoms with E-state index >= 15 is 0 Å². The van der Waals surface area contributed by atoms with E-state index in [1.54, 1.807) is 39.2 Å². The fourth-order valence-electron chi connectivity index (χ4n) is 2.96. The minimum Gasteiger partial charge on any atom is -0.497 e. The maximum Gasteiger partial charge on any atom is 0.247 e. The summed E-state index contributed by atoms with van der Waals surface area (Å²) in [5.41, 5.74) is 1.99. The molecule has 0 radical (unpaired) electrons. The Kier molecular flexibility index (Phi) is 6.29. The average Bonchev–Trinajstić information content (AvgIpc) is 3.21. The van der Waals surface area contributed by atoms with E-state index in [0.29, 0.717) is 11.5 Å². The van der Waals surface area contributed by atoms with Crippen LogP contribution in [0, 0.1) is 0 Å². The smallest absolute Gasteiger partial charge is 0.247 e. The van der Waals surface area contributed by atoms with Crippen molar-refractivity contribution in [2.24, 2.45) is 0 Å². The number of ether oxygens (including phenoxy) is 3. The summed E-state index contributed by atoms with van der Waals surface area (Å²) < 4.78 is 15.8. The molecule has 1 heterocycles. The summed E-state index contributed by atoms with van der Waals surface area (Å²) in [6.45, 7) is 0.718. The second kappa shape index (κ2) is 8.86. The third-order valence-electron chi connectivity index (χ3n) is 4.40. The highest BCUT2D eigenvalue weighted by molar-refractivity contribution is 7.99. The van der Waals surface area contributed by atoms with Crippen LogP contribution in [0.25, 0.3) is 6.08 Å². The molecule has 2 aromatic carbocycles. The Morgan fingerprint density at radius 2 is 1.78 bits per heavy atom. The van der Waals surface area contributed by atoms with Crippen molar-refractivity contribution in [3.05, 3.63) is 59.7 Å². The van der Waals surface area contributed by atoms with Gasteiger partial charge in [0.25, 0.3) is 0 Å². The van der Waals surface area contributed by atoms with Gasteiger partial charge in [-0.1, -0.05) is 18.2 Å². The van der Waals surface area contributed by atoms with Crippen molar-refractivity contribution in [3.63, 3.8) is 0 Å². The van der Waals surface area contributed by atoms with E-state index in [9.17, 15) is 4.79 Å². The van der Waals surface area contributed by atoms with E-state index in [-0.39, 0.29) is 11.3 Å². The first-order valence-corrected chi connectivity index (χ1v) is 9.67. The summed E-state index contributed by atoms with van der Waals surface area (Å²) >= 11 is 1.75. The van der Waals surface area contributed by atoms with Crippen LogP contribution in [0.3, 0.4) is 0 Å². The van der Waals surface area contributed by atoms with Crippen molar-refractivity contribution >= 4 is 23.7 Å². The Bertz CT molecular complexity index is 819. The van der Waals surface area contributed by atoms with Crippen LogP contribution in [0.5, 0.6) is 17.2 Å². The van der Waals surface area contributed by atoms with Crippen molar-refractivity contribution in [1.29, 1.82) is 0 Å². The fourth-order valence-corrected chi connectivity index (χ4v) is 4.21. The van der Waals surface area contributed by atoms with Crippen LogP contribution in [0.15, 0.2) is 48.5 Å². The highest BCUT2D eigenvalue weighted by Crippen LogP contribution is 2.41. The molecule has 5 nitrogen and oxygen atoms in total. The third kappa shape index (κ3) is 4.39. The molecule has 1 fully saturated rings. The quantitative estimate of drug-likeness (QED) is 0.704. The third-order valence-corrected chi connectivity index (χ3v) is 5.66. The molecule has 3 rings (SSSR count). The summed E-state index contributed by atoms with van der Waals surface area (Å²) in [6, 6.07) is 13.4. The molecule has 1 saturated heterocycles. The van der Waals surface area contributed by atoms with Gasteiger partial charge in [0, 0.05) is 18.4 Å². The predicted octanol–water partition coefficient (Wildman–Crippen LogP) is 4.00. The molecule has 2 aromatic rings. The van der Waals surface area contributed by atoms with Gasteiger partial charge in [0.15, 0.2) is 11.5 Å². The SMILES string of the molecule is COc1ccc(/C=C/C(=O)N2CCSC2c2ccc(OC)c(OC)c2)cc1. The lowest BCUT2D eigenvalue weighted by molar-refractivity contribution is -0.126. The number of nitrogens with zero attached hydrogens (tertiary/aromatic N) is 1. The first-order chi connectivity index (χ1) is 13.2. The van der Waals surface area contributed by atoms with Crippen molar-refractivity contribution in [1.82, 2.24) is 4.90 Å². The second-order valence-corrected chi connectivity index (χ2v) is 7.16. The largest absolute Gasteiger partial charge is 0.497 e. The zero-order chi connectivity index (χ0) is 19.2. The number of carbonyl (C=O) groups is 1. The summed E-state index contributed by atoms with van der Waals surface area (Å²) in [4.78, 5) is 14.6. The van der Waals surface area contributed by atoms with Crippen molar-refractivity contribution in [2.75, 3.05) is 33.6 Å². The topological polar surface area (TPSA) is 48.0 Å². The molecule has 1 atom stereocenters. The molecule has 27 heavy (non-hydrogen) atoms. The minimum absolute atomic E-state index is 0.00407. The van der Waals surface area contributed by atoms with Crippen LogP contribution in [-0.2, 0) is 4.79 Å². The van der Waals surface area contributed by atoms with Gasteiger partial charge in [-0.2, -0.15) is 0 Å². The Labute approximate surface area is 163 Å². The lowest BCUT2D eigenvalue weighted by Gasteiger charge is -2.23. The van der Waals surface area contributed by atoms with Crippen molar-refractivity contribution < 1.29 is 19.0 Å². The molecule has 0 bridgehead atoms. The maximum absolute atomic E-state index is 12.7. The Balaban J connectivity index is 1.75. The van der Waals surface area contributed by atoms with Crippen LogP contribution < -0.4 is 14.2 Å². The average molecular weight is 385 g/mol. The van der Waals surface area contributed by atoms with E-state index in [0.717, 1.165) is 29.2 Å². The van der Waals surface area contributed by atoms with Gasteiger partial charge in [0.1, 0.15) is 11.1 Å². The zero-order valence-corrected chi connectivity index (χ0v) is 16.5. The van der Waals surface area contributed by atoms with Crippen LogP contribution in [0.4, 0.5) is 0 Å². The summed E-state index contributed by atoms with van der Waals surface area (Å²) in [5.74, 6) is 3.05. The molecular formula is C21H23NO4S. The number of rotatable bonds is 6. The Morgan fingerprint density at radius 1 is 1.04 bits per heavy atom. The Morgan fingerprint density at radius 3 is 2.44 bits per heavy atom. The summed E-state index contributed by atoms with van der Waals surface area (Å²) in [5, 5.41) is -0.0298. The van der Waals surface area contributed by atoms with Gasteiger partial charge < -0.3 is 19.1 Å². The predicted molar refractivity (Wildman–Crippen MR) is 108 cm³/mol. The van der Waals surface area contributed by atoms with E-state index in [2.05, 4.69) is 0 Å². The van der Waals surface area contributed by atoms with E-state index < -0.39 is 0 Å². The second-order valence-electron chi connectivity index (χ2n) is 5.98. The van der Waals surface area contributed by atoms with Gasteiger partial charge in [0.2, 0.25) is 5.91 Å². The summed E-state index contributed by atoms with van der Waals surface area (Å²) in [6.07, 6.45) is 3.46. The number of carbonyl (C=O) groups excluding carboxylic acids is 1. The van der Waals surface area contributed by atoms with E-state index in [1.165, 1.54) is 0 Å². The molecule has 1 amide bonds. The van der Waals surface area contributed by atoms with Crippen LogP contribution in [-0.4, -0.2) is 44.4 Å². The molecule has 0 N–H and O–H groups in total. The molecule has 0 aliphatic carbocycles. The number of benzene rings is 2. The van der Waals surface area contributed by atoms with Gasteiger partial charge in [-0.3, -0.25) is 4.79 Å². The first-order valence-electron chi connectivity index (χ1n) is 8.62. The van der Waals surface area contributed by atoms with Gasteiger partial charge in [-0.15, -0.1) is 11.8 Å². The zero-order valence-electron chi connectivity index (χ0n) is 15.7. The number of methoxy groups -OCH3 is 3. The monoisotopic (exact) mass is 385 g/mol. The van der Waals surface area contributed by atoms with E-state index in [4.69, 9.17) is 14.2 Å². The Hall–Kier alpha value is -2.60. The van der Waals surface area contributed by atoms with Gasteiger partial charge >= 0.3 is 0 Å². The molecule has 0 saturated carbocycles. The summed E-state index contributed by atoms with van der Waals surface area (Å²) in [7, 11) is 4.86. The van der Waals surface area contributed by atoms with Crippen molar-refractivity contribution in [2.45, 2.75) is 5.37 Å². The first kappa shape index (κ1) is 19.2. The molecule has 1 unspecified atom stereocenters. The highest BCUT2D eigenvalue weighted by Gasteiger charge is 2.30. The van der Waals surface area contributed by atoms with Crippen LogP contribution in [0.2, 0.25) is 0 Å². The number of amides is 1. The lowest BCUT2D eigenvalue weighted by Crippen LogP contribution is -2.28.